The molecule has 0 saturated carbocycles. The number of hydrogen-bond acceptors (Lipinski definition) is 6. The van der Waals surface area contributed by atoms with Gasteiger partial charge in [0.15, 0.2) is 0 Å². The van der Waals surface area contributed by atoms with E-state index in [4.69, 9.17) is 0 Å². The van der Waals surface area contributed by atoms with Gasteiger partial charge in [-0.15, -0.1) is 0 Å². The number of halogens is 3. The average molecular weight is 338 g/mol. The summed E-state index contributed by atoms with van der Waals surface area (Å²) in [6.45, 7) is -0.0124. The number of anilines is 1. The van der Waals surface area contributed by atoms with Crippen LogP contribution >= 0.6 is 0 Å². The van der Waals surface area contributed by atoms with Crippen LogP contribution in [0.2, 0.25) is 0 Å². The van der Waals surface area contributed by atoms with Gasteiger partial charge in [-0.3, -0.25) is 4.79 Å². The Kier molecular flexibility index (Phi) is 3.98. The lowest BCUT2D eigenvalue weighted by atomic mass is 10.2. The van der Waals surface area contributed by atoms with Crippen molar-refractivity contribution in [1.82, 2.24) is 24.9 Å². The molecular weight excluding hydrogens is 329 g/mol. The molecule has 3 aromatic rings. The van der Waals surface area contributed by atoms with Crippen LogP contribution in [0.5, 0.6) is 0 Å². The fraction of sp³-hybridized carbons (Fsp3) is 0.154. The number of carbonyl (C=O) groups excluding carboxylic acids is 1. The Morgan fingerprint density at radius 2 is 2.00 bits per heavy atom. The van der Waals surface area contributed by atoms with Crippen molar-refractivity contribution >= 4 is 11.6 Å². The Bertz CT molecular complexity index is 826. The van der Waals surface area contributed by atoms with Crippen molar-refractivity contribution in [2.45, 2.75) is 12.7 Å². The minimum Gasteiger partial charge on any atom is -0.329 e. The van der Waals surface area contributed by atoms with Crippen LogP contribution in [-0.2, 0) is 17.5 Å². The third-order valence-electron chi connectivity index (χ3n) is 2.87. The summed E-state index contributed by atoms with van der Waals surface area (Å²) >= 11 is 0. The third-order valence-corrected chi connectivity index (χ3v) is 2.87. The summed E-state index contributed by atoms with van der Waals surface area (Å²) in [5, 5.41) is 9.70. The van der Waals surface area contributed by atoms with Crippen LogP contribution in [0.25, 0.3) is 11.4 Å². The molecule has 124 valence electrons. The highest BCUT2D eigenvalue weighted by Crippen LogP contribution is 2.29. The molecule has 8 nitrogen and oxygen atoms in total. The zero-order valence-electron chi connectivity index (χ0n) is 11.9. The van der Waals surface area contributed by atoms with Gasteiger partial charge in [0.25, 0.3) is 0 Å². The molecule has 0 aliphatic carbocycles. The summed E-state index contributed by atoms with van der Waals surface area (Å²) in [4.78, 5) is 18.8. The number of aromatic nitrogens is 5. The van der Waals surface area contributed by atoms with E-state index in [0.717, 1.165) is 0 Å². The second-order valence-corrected chi connectivity index (χ2v) is 4.64. The maximum atomic E-state index is 12.4. The van der Waals surface area contributed by atoms with E-state index >= 15 is 0 Å². The molecule has 0 spiro atoms. The molecule has 1 aromatic carbocycles. The smallest absolute Gasteiger partial charge is 0.329 e. The number of amides is 1. The molecular formula is C13H9F3N6O2. The van der Waals surface area contributed by atoms with Crippen LogP contribution in [0.4, 0.5) is 18.9 Å². The Morgan fingerprint density at radius 3 is 2.58 bits per heavy atom. The van der Waals surface area contributed by atoms with Crippen LogP contribution < -0.4 is 5.32 Å². The average Bonchev–Trinajstić information content (AvgIpc) is 3.18. The van der Waals surface area contributed by atoms with Crippen LogP contribution in [0.15, 0.2) is 41.4 Å². The zero-order chi connectivity index (χ0) is 17.2. The fourth-order valence-corrected chi connectivity index (χ4v) is 1.82. The van der Waals surface area contributed by atoms with Crippen molar-refractivity contribution in [2.75, 3.05) is 5.32 Å². The predicted molar refractivity (Wildman–Crippen MR) is 73.4 cm³/mol. The minimum absolute atomic E-state index is 0.0124. The van der Waals surface area contributed by atoms with E-state index in [-0.39, 0.29) is 18.3 Å². The number of nitrogens with zero attached hydrogens (tertiary/aromatic N) is 5. The molecule has 0 fully saturated rings. The van der Waals surface area contributed by atoms with Crippen molar-refractivity contribution in [2.24, 2.45) is 0 Å². The van der Waals surface area contributed by atoms with E-state index in [1.165, 1.54) is 41.6 Å². The first-order valence-electron chi connectivity index (χ1n) is 6.55. The summed E-state index contributed by atoms with van der Waals surface area (Å²) in [6, 6.07) is 5.96. The number of benzene rings is 1. The molecule has 24 heavy (non-hydrogen) atoms. The van der Waals surface area contributed by atoms with Gasteiger partial charge in [0.1, 0.15) is 19.2 Å². The van der Waals surface area contributed by atoms with Crippen LogP contribution in [0.1, 0.15) is 5.89 Å². The normalized spacial score (nSPS) is 11.5. The molecule has 2 heterocycles. The van der Waals surface area contributed by atoms with Crippen molar-refractivity contribution in [1.29, 1.82) is 0 Å². The number of carbonyl (C=O) groups is 1. The lowest BCUT2D eigenvalue weighted by Crippen LogP contribution is -2.18. The first-order chi connectivity index (χ1) is 11.4. The van der Waals surface area contributed by atoms with Crippen LogP contribution in [0, 0.1) is 0 Å². The van der Waals surface area contributed by atoms with E-state index in [9.17, 15) is 18.0 Å². The first kappa shape index (κ1) is 15.6. The summed E-state index contributed by atoms with van der Waals surface area (Å²) in [6.07, 6.45) is -1.99. The van der Waals surface area contributed by atoms with Gasteiger partial charge in [0, 0.05) is 11.3 Å². The quantitative estimate of drug-likeness (QED) is 0.781. The van der Waals surface area contributed by atoms with E-state index in [0.29, 0.717) is 11.3 Å². The van der Waals surface area contributed by atoms with Crippen molar-refractivity contribution in [3.63, 3.8) is 0 Å². The molecule has 1 amide bonds. The summed E-state index contributed by atoms with van der Waals surface area (Å²) in [5.74, 6) is -1.93. The lowest BCUT2D eigenvalue weighted by Gasteiger charge is -2.05. The summed E-state index contributed by atoms with van der Waals surface area (Å²) in [7, 11) is 0. The third kappa shape index (κ3) is 3.56. The zero-order valence-corrected chi connectivity index (χ0v) is 11.9. The van der Waals surface area contributed by atoms with Crippen molar-refractivity contribution in [3.8, 4) is 11.4 Å². The Morgan fingerprint density at radius 1 is 1.25 bits per heavy atom. The highest BCUT2D eigenvalue weighted by atomic mass is 19.4. The summed E-state index contributed by atoms with van der Waals surface area (Å²) < 4.78 is 42.8. The highest BCUT2D eigenvalue weighted by Gasteiger charge is 2.38. The van der Waals surface area contributed by atoms with Gasteiger partial charge in [-0.2, -0.15) is 23.3 Å². The fourth-order valence-electron chi connectivity index (χ4n) is 1.82. The first-order valence-corrected chi connectivity index (χ1v) is 6.55. The molecule has 0 aliphatic rings. The lowest BCUT2D eigenvalue weighted by molar-refractivity contribution is -0.159. The molecule has 0 bridgehead atoms. The summed E-state index contributed by atoms with van der Waals surface area (Å²) in [5.41, 5.74) is 0.784. The van der Waals surface area contributed by atoms with Crippen molar-refractivity contribution < 1.29 is 22.5 Å². The molecule has 0 atom stereocenters. The van der Waals surface area contributed by atoms with Gasteiger partial charge in [0.2, 0.25) is 11.7 Å². The second-order valence-electron chi connectivity index (χ2n) is 4.64. The molecule has 2 aromatic heterocycles. The minimum atomic E-state index is -4.69. The van der Waals surface area contributed by atoms with E-state index in [1.807, 2.05) is 0 Å². The molecule has 3 rings (SSSR count). The predicted octanol–water partition coefficient (Wildman–Crippen LogP) is 1.99. The van der Waals surface area contributed by atoms with Gasteiger partial charge >= 0.3 is 12.1 Å². The maximum Gasteiger partial charge on any atom is 0.471 e. The SMILES string of the molecule is O=C(Cn1cncn1)Nc1ccc(-c2noc(C(F)(F)F)n2)cc1. The molecule has 0 radical (unpaired) electrons. The van der Waals surface area contributed by atoms with Gasteiger partial charge in [-0.1, -0.05) is 5.16 Å². The Labute approximate surface area is 132 Å². The second kappa shape index (κ2) is 6.10. The highest BCUT2D eigenvalue weighted by molar-refractivity contribution is 5.90. The monoisotopic (exact) mass is 338 g/mol. The van der Waals surface area contributed by atoms with E-state index < -0.39 is 12.1 Å². The van der Waals surface area contributed by atoms with Crippen LogP contribution in [0.3, 0.4) is 0 Å². The number of nitrogens with one attached hydrogen (secondary N) is 1. The molecule has 11 heteroatoms. The van der Waals surface area contributed by atoms with E-state index in [1.54, 1.807) is 0 Å². The van der Waals surface area contributed by atoms with Gasteiger partial charge in [0.05, 0.1) is 0 Å². The molecule has 0 unspecified atom stereocenters. The number of rotatable bonds is 4. The standard InChI is InChI=1S/C13H9F3N6O2/c14-13(15,16)12-20-11(21-24-12)8-1-3-9(4-2-8)19-10(23)5-22-7-17-6-18-22/h1-4,6-7H,5H2,(H,19,23). The molecule has 1 N–H and O–H groups in total. The van der Waals surface area contributed by atoms with E-state index in [2.05, 4.69) is 30.1 Å². The van der Waals surface area contributed by atoms with Gasteiger partial charge in [-0.25, -0.2) is 9.67 Å². The molecule has 0 saturated heterocycles. The number of alkyl halides is 3. The largest absolute Gasteiger partial charge is 0.471 e. The van der Waals surface area contributed by atoms with Crippen molar-refractivity contribution in [3.05, 3.63) is 42.8 Å². The van der Waals surface area contributed by atoms with Crippen LogP contribution in [-0.4, -0.2) is 30.8 Å². The van der Waals surface area contributed by atoms with Gasteiger partial charge in [-0.05, 0) is 24.3 Å². The van der Waals surface area contributed by atoms with Gasteiger partial charge < -0.3 is 9.84 Å². The number of hydrogen-bond donors (Lipinski definition) is 1. The Hall–Kier alpha value is -3.24. The maximum absolute atomic E-state index is 12.4. The Balaban J connectivity index is 1.67. The topological polar surface area (TPSA) is 98.7 Å². The molecule has 0 aliphatic heterocycles.